The van der Waals surface area contributed by atoms with Gasteiger partial charge in [0, 0.05) is 5.57 Å². The first kappa shape index (κ1) is 20.5. The fourth-order valence-electron chi connectivity index (χ4n) is 2.65. The number of hydrogen-bond acceptors (Lipinski definition) is 4. The minimum absolute atomic E-state index is 0.326. The number of carbonyl (C=O) groups excluding carboxylic acids is 1. The lowest BCUT2D eigenvalue weighted by atomic mass is 10.4. The molecule has 0 bridgehead atoms. The minimum Gasteiger partial charge on any atom is -0.462 e. The summed E-state index contributed by atoms with van der Waals surface area (Å²) in [5.74, 6) is -0.326. The summed E-state index contributed by atoms with van der Waals surface area (Å²) < 4.78 is 17.9. The number of benzene rings is 2. The van der Waals surface area contributed by atoms with Crippen molar-refractivity contribution in [3.63, 3.8) is 0 Å². The average molecular weight is 403 g/mol. The van der Waals surface area contributed by atoms with Crippen molar-refractivity contribution in [2.24, 2.45) is 0 Å². The molecule has 2 rings (SSSR count). The lowest BCUT2D eigenvalue weighted by Crippen LogP contribution is -2.63. The van der Waals surface area contributed by atoms with Crippen molar-refractivity contribution in [1.82, 2.24) is 0 Å². The van der Waals surface area contributed by atoms with E-state index in [1.54, 1.807) is 6.92 Å². The van der Waals surface area contributed by atoms with Crippen LogP contribution >= 0.6 is 0 Å². The Morgan fingerprint density at radius 1 is 1.08 bits per heavy atom. The second-order valence-corrected chi connectivity index (χ2v) is 12.3. The first-order valence-electron chi connectivity index (χ1n) is 8.73. The van der Waals surface area contributed by atoms with Crippen molar-refractivity contribution in [3.05, 3.63) is 72.8 Å². The zero-order valence-electron chi connectivity index (χ0n) is 15.4. The third-order valence-electron chi connectivity index (χ3n) is 4.02. The van der Waals surface area contributed by atoms with E-state index < -0.39 is 18.3 Å². The van der Waals surface area contributed by atoms with Crippen molar-refractivity contribution in [2.75, 3.05) is 6.61 Å². The number of ether oxygens (including phenoxy) is 1. The van der Waals surface area contributed by atoms with Crippen molar-refractivity contribution in [2.45, 2.75) is 19.4 Å². The molecular formula is C19H26O4Si3. The van der Waals surface area contributed by atoms with Gasteiger partial charge in [0.15, 0.2) is 0 Å². The van der Waals surface area contributed by atoms with Crippen LogP contribution in [0.3, 0.4) is 0 Å². The molecule has 0 aliphatic rings. The smallest absolute Gasteiger partial charge is 0.385 e. The van der Waals surface area contributed by atoms with Gasteiger partial charge in [-0.25, -0.2) is 4.79 Å². The van der Waals surface area contributed by atoms with E-state index in [9.17, 15) is 4.79 Å². The molecule has 7 heteroatoms. The normalized spacial score (nSPS) is 11.7. The molecule has 0 heterocycles. The largest absolute Gasteiger partial charge is 0.462 e. The van der Waals surface area contributed by atoms with Crippen LogP contribution in [0.25, 0.3) is 0 Å². The third kappa shape index (κ3) is 5.36. The quantitative estimate of drug-likeness (QED) is 0.252. The van der Waals surface area contributed by atoms with E-state index in [1.807, 2.05) is 36.4 Å². The second kappa shape index (κ2) is 10.4. The van der Waals surface area contributed by atoms with Gasteiger partial charge in [0.25, 0.3) is 0 Å². The third-order valence-corrected chi connectivity index (χ3v) is 11.7. The van der Waals surface area contributed by atoms with Gasteiger partial charge in [0.2, 0.25) is 0 Å². The van der Waals surface area contributed by atoms with Crippen LogP contribution in [0.1, 0.15) is 13.3 Å². The molecule has 4 nitrogen and oxygen atoms in total. The number of rotatable bonds is 10. The highest BCUT2D eigenvalue weighted by Gasteiger charge is 2.40. The Morgan fingerprint density at radius 3 is 2.08 bits per heavy atom. The van der Waals surface area contributed by atoms with Gasteiger partial charge in [-0.05, 0) is 29.8 Å². The molecule has 0 unspecified atom stereocenters. The van der Waals surface area contributed by atoms with Gasteiger partial charge in [0.05, 0.1) is 6.61 Å². The van der Waals surface area contributed by atoms with E-state index in [0.717, 1.165) is 22.8 Å². The summed E-state index contributed by atoms with van der Waals surface area (Å²) in [5, 5.41) is 2.28. The Bertz CT molecular complexity index is 668. The first-order chi connectivity index (χ1) is 12.6. The zero-order chi connectivity index (χ0) is 18.8. The molecule has 2 aromatic carbocycles. The predicted octanol–water partition coefficient (Wildman–Crippen LogP) is 0.568. The van der Waals surface area contributed by atoms with Gasteiger partial charge in [-0.2, -0.15) is 0 Å². The van der Waals surface area contributed by atoms with Crippen LogP contribution in [0.2, 0.25) is 6.04 Å². The Hall–Kier alpha value is -1.78. The molecular weight excluding hydrogens is 376 g/mol. The molecule has 0 amide bonds. The summed E-state index contributed by atoms with van der Waals surface area (Å²) in [7, 11) is -2.82. The summed E-state index contributed by atoms with van der Waals surface area (Å²) >= 11 is 0. The molecule has 0 radical (unpaired) electrons. The van der Waals surface area contributed by atoms with Crippen molar-refractivity contribution < 1.29 is 17.8 Å². The standard InChI is InChI=1S/C19H26O4Si3/c1-16(2)19(20)21-14-9-15-25-23-26(22-24,17-10-5-3-6-11-17)18-12-7-4-8-13-18/h3-8,10-13H,1,9,14-15,25H2,2,24H3. The molecule has 0 aromatic heterocycles. The van der Waals surface area contributed by atoms with Gasteiger partial charge in [0.1, 0.15) is 20.2 Å². The van der Waals surface area contributed by atoms with Crippen LogP contribution in [0.15, 0.2) is 72.8 Å². The van der Waals surface area contributed by atoms with Gasteiger partial charge in [-0.1, -0.05) is 67.2 Å². The minimum atomic E-state index is -2.62. The maximum Gasteiger partial charge on any atom is 0.385 e. The zero-order valence-corrected chi connectivity index (χ0v) is 19.9. The Labute approximate surface area is 161 Å². The molecule has 0 aliphatic carbocycles. The average Bonchev–Trinajstić information content (AvgIpc) is 2.69. The van der Waals surface area contributed by atoms with Gasteiger partial charge in [-0.15, -0.1) is 0 Å². The molecule has 0 saturated heterocycles. The van der Waals surface area contributed by atoms with Crippen LogP contribution in [0, 0.1) is 0 Å². The molecule has 0 spiro atoms. The molecule has 0 N–H and O–H groups in total. The monoisotopic (exact) mass is 402 g/mol. The van der Waals surface area contributed by atoms with E-state index in [2.05, 4.69) is 30.8 Å². The maximum absolute atomic E-state index is 11.4. The van der Waals surface area contributed by atoms with Gasteiger partial charge < -0.3 is 13.0 Å². The van der Waals surface area contributed by atoms with Crippen molar-refractivity contribution in [1.29, 1.82) is 0 Å². The van der Waals surface area contributed by atoms with Crippen LogP contribution in [0.4, 0.5) is 0 Å². The van der Waals surface area contributed by atoms with E-state index >= 15 is 0 Å². The Morgan fingerprint density at radius 2 is 1.62 bits per heavy atom. The van der Waals surface area contributed by atoms with E-state index in [4.69, 9.17) is 13.0 Å². The lowest BCUT2D eigenvalue weighted by molar-refractivity contribution is -0.138. The highest BCUT2D eigenvalue weighted by atomic mass is 28.4. The topological polar surface area (TPSA) is 44.8 Å². The summed E-state index contributed by atoms with van der Waals surface area (Å²) in [4.78, 5) is 11.4. The predicted molar refractivity (Wildman–Crippen MR) is 114 cm³/mol. The SMILES string of the molecule is C=C(C)C(=O)OCCC[SiH2]O[Si](O[SiH3])(c1ccccc1)c1ccccc1. The van der Waals surface area contributed by atoms with Crippen LogP contribution in [-0.2, 0) is 17.8 Å². The van der Waals surface area contributed by atoms with Crippen LogP contribution < -0.4 is 10.4 Å². The highest BCUT2D eigenvalue weighted by molar-refractivity contribution is 6.96. The van der Waals surface area contributed by atoms with Crippen LogP contribution in [0.5, 0.6) is 0 Å². The fraction of sp³-hybridized carbons (Fsp3) is 0.211. The molecule has 138 valence electrons. The Balaban J connectivity index is 2.02. The molecule has 0 saturated carbocycles. The summed E-state index contributed by atoms with van der Waals surface area (Å²) in [6.45, 7) is 5.65. The molecule has 2 aromatic rings. The van der Waals surface area contributed by atoms with Crippen molar-refractivity contribution >= 4 is 45.2 Å². The summed E-state index contributed by atoms with van der Waals surface area (Å²) in [6.07, 6.45) is 0.806. The fourth-order valence-corrected chi connectivity index (χ4v) is 11.1. The van der Waals surface area contributed by atoms with Crippen LogP contribution in [-0.4, -0.2) is 41.4 Å². The Kier molecular flexibility index (Phi) is 8.20. The maximum atomic E-state index is 11.4. The van der Waals surface area contributed by atoms with E-state index in [1.165, 1.54) is 0 Å². The number of hydrogen-bond donors (Lipinski definition) is 0. The van der Waals surface area contributed by atoms with E-state index in [-0.39, 0.29) is 5.97 Å². The number of carbonyl (C=O) groups is 1. The first-order valence-corrected chi connectivity index (χ1v) is 12.9. The van der Waals surface area contributed by atoms with Gasteiger partial charge >= 0.3 is 14.5 Å². The lowest BCUT2D eigenvalue weighted by Gasteiger charge is -2.31. The highest BCUT2D eigenvalue weighted by Crippen LogP contribution is 2.09. The van der Waals surface area contributed by atoms with Crippen molar-refractivity contribution in [3.8, 4) is 0 Å². The molecule has 0 aliphatic heterocycles. The van der Waals surface area contributed by atoms with E-state index in [0.29, 0.717) is 22.7 Å². The molecule has 0 atom stereocenters. The number of esters is 1. The second-order valence-electron chi connectivity index (χ2n) is 6.02. The summed E-state index contributed by atoms with van der Waals surface area (Å²) in [5.41, 5.74) is 0.433. The summed E-state index contributed by atoms with van der Waals surface area (Å²) in [6, 6.07) is 21.5. The molecule has 0 fully saturated rings. The molecule has 26 heavy (non-hydrogen) atoms. The van der Waals surface area contributed by atoms with Gasteiger partial charge in [-0.3, -0.25) is 0 Å².